The number of hydrogen-bond acceptors (Lipinski definition) is 2. The summed E-state index contributed by atoms with van der Waals surface area (Å²) in [4.78, 5) is 2.67. The Labute approximate surface area is 130 Å². The first-order chi connectivity index (χ1) is 9.88. The normalized spacial score (nSPS) is 25.8. The molecule has 2 rings (SSSR count). The Kier molecular flexibility index (Phi) is 5.45. The maximum Gasteiger partial charge on any atom is 0.0244 e. The van der Waals surface area contributed by atoms with Crippen molar-refractivity contribution >= 4 is 0 Å². The molecule has 0 aliphatic carbocycles. The summed E-state index contributed by atoms with van der Waals surface area (Å²) in [6, 6.07) is 12.1. The lowest BCUT2D eigenvalue weighted by Gasteiger charge is -2.44. The molecule has 0 spiro atoms. The Bertz CT molecular complexity index is 421. The van der Waals surface area contributed by atoms with Crippen LogP contribution in [0.1, 0.15) is 52.5 Å². The molecule has 1 aromatic carbocycles. The SMILES string of the molecule is CC(CCN1CC(C(C)(C)C)NCC1C)c1ccccc1. The Morgan fingerprint density at radius 3 is 2.52 bits per heavy atom. The van der Waals surface area contributed by atoms with Gasteiger partial charge >= 0.3 is 0 Å². The molecule has 0 radical (unpaired) electrons. The van der Waals surface area contributed by atoms with Gasteiger partial charge in [0, 0.05) is 25.2 Å². The molecular formula is C19H32N2. The van der Waals surface area contributed by atoms with Crippen molar-refractivity contribution in [1.29, 1.82) is 0 Å². The average molecular weight is 288 g/mol. The number of benzene rings is 1. The number of nitrogens with one attached hydrogen (secondary N) is 1. The van der Waals surface area contributed by atoms with Crippen molar-refractivity contribution in [3.63, 3.8) is 0 Å². The molecule has 0 amide bonds. The van der Waals surface area contributed by atoms with Gasteiger partial charge in [0.1, 0.15) is 0 Å². The third-order valence-electron chi connectivity index (χ3n) is 4.96. The van der Waals surface area contributed by atoms with E-state index in [1.165, 1.54) is 25.1 Å². The lowest BCUT2D eigenvalue weighted by atomic mass is 9.84. The van der Waals surface area contributed by atoms with E-state index >= 15 is 0 Å². The minimum Gasteiger partial charge on any atom is -0.311 e. The highest BCUT2D eigenvalue weighted by molar-refractivity contribution is 5.18. The topological polar surface area (TPSA) is 15.3 Å². The van der Waals surface area contributed by atoms with E-state index in [9.17, 15) is 0 Å². The Hall–Kier alpha value is -0.860. The van der Waals surface area contributed by atoms with Crippen LogP contribution in [0.2, 0.25) is 0 Å². The van der Waals surface area contributed by atoms with Gasteiger partial charge in [-0.1, -0.05) is 58.0 Å². The first-order valence-corrected chi connectivity index (χ1v) is 8.40. The fourth-order valence-corrected chi connectivity index (χ4v) is 3.12. The van der Waals surface area contributed by atoms with Crippen molar-refractivity contribution in [2.24, 2.45) is 5.41 Å². The molecule has 1 N–H and O–H groups in total. The summed E-state index contributed by atoms with van der Waals surface area (Å²) >= 11 is 0. The molecule has 1 fully saturated rings. The standard InChI is InChI=1S/C19H32N2/c1-15(17-9-7-6-8-10-17)11-12-21-14-18(19(3,4)5)20-13-16(21)2/h6-10,15-16,18,20H,11-14H2,1-5H3. The van der Waals surface area contributed by atoms with Crippen LogP contribution in [0.5, 0.6) is 0 Å². The van der Waals surface area contributed by atoms with Gasteiger partial charge in [-0.3, -0.25) is 4.90 Å². The molecule has 1 heterocycles. The van der Waals surface area contributed by atoms with Gasteiger partial charge in [0.05, 0.1) is 0 Å². The molecule has 1 aliphatic heterocycles. The van der Waals surface area contributed by atoms with E-state index in [0.717, 1.165) is 6.54 Å². The molecule has 118 valence electrons. The molecule has 3 unspecified atom stereocenters. The third-order valence-corrected chi connectivity index (χ3v) is 4.96. The zero-order chi connectivity index (χ0) is 15.5. The van der Waals surface area contributed by atoms with Gasteiger partial charge in [-0.25, -0.2) is 0 Å². The molecule has 0 saturated carbocycles. The number of hydrogen-bond donors (Lipinski definition) is 1. The second-order valence-electron chi connectivity index (χ2n) is 7.77. The van der Waals surface area contributed by atoms with Crippen molar-refractivity contribution in [1.82, 2.24) is 10.2 Å². The maximum absolute atomic E-state index is 3.72. The van der Waals surface area contributed by atoms with Crippen LogP contribution in [0.3, 0.4) is 0 Å². The van der Waals surface area contributed by atoms with Crippen molar-refractivity contribution in [2.45, 2.75) is 59.0 Å². The highest BCUT2D eigenvalue weighted by Crippen LogP contribution is 2.25. The van der Waals surface area contributed by atoms with Crippen LogP contribution in [-0.4, -0.2) is 36.6 Å². The van der Waals surface area contributed by atoms with E-state index in [0.29, 0.717) is 23.4 Å². The molecule has 2 nitrogen and oxygen atoms in total. The molecule has 21 heavy (non-hydrogen) atoms. The van der Waals surface area contributed by atoms with Crippen LogP contribution >= 0.6 is 0 Å². The zero-order valence-corrected chi connectivity index (χ0v) is 14.4. The molecule has 1 aliphatic rings. The van der Waals surface area contributed by atoms with Gasteiger partial charge in [0.25, 0.3) is 0 Å². The number of piperazine rings is 1. The maximum atomic E-state index is 3.72. The van der Waals surface area contributed by atoms with E-state index in [2.05, 4.69) is 75.2 Å². The Morgan fingerprint density at radius 2 is 1.90 bits per heavy atom. The molecular weight excluding hydrogens is 256 g/mol. The summed E-state index contributed by atoms with van der Waals surface area (Å²) in [5.74, 6) is 0.640. The summed E-state index contributed by atoms with van der Waals surface area (Å²) < 4.78 is 0. The van der Waals surface area contributed by atoms with Crippen molar-refractivity contribution in [3.8, 4) is 0 Å². The van der Waals surface area contributed by atoms with Crippen molar-refractivity contribution in [2.75, 3.05) is 19.6 Å². The highest BCUT2D eigenvalue weighted by Gasteiger charge is 2.32. The van der Waals surface area contributed by atoms with E-state index in [4.69, 9.17) is 0 Å². The van der Waals surface area contributed by atoms with Crippen LogP contribution in [0.25, 0.3) is 0 Å². The van der Waals surface area contributed by atoms with E-state index in [-0.39, 0.29) is 0 Å². The summed E-state index contributed by atoms with van der Waals surface area (Å²) in [5.41, 5.74) is 1.80. The first-order valence-electron chi connectivity index (χ1n) is 8.40. The molecule has 2 heteroatoms. The molecule has 0 aromatic heterocycles. The van der Waals surface area contributed by atoms with Gasteiger partial charge in [0.15, 0.2) is 0 Å². The third kappa shape index (κ3) is 4.55. The second kappa shape index (κ2) is 6.93. The first kappa shape index (κ1) is 16.5. The lowest BCUT2D eigenvalue weighted by molar-refractivity contribution is 0.0913. The summed E-state index contributed by atoms with van der Waals surface area (Å²) in [6.07, 6.45) is 1.24. The molecule has 3 atom stereocenters. The summed E-state index contributed by atoms with van der Waals surface area (Å²) in [6.45, 7) is 15.2. The van der Waals surface area contributed by atoms with Gasteiger partial charge in [0.2, 0.25) is 0 Å². The van der Waals surface area contributed by atoms with E-state index in [1.54, 1.807) is 0 Å². The van der Waals surface area contributed by atoms with Crippen LogP contribution in [-0.2, 0) is 0 Å². The average Bonchev–Trinajstić information content (AvgIpc) is 2.45. The second-order valence-corrected chi connectivity index (χ2v) is 7.77. The minimum atomic E-state index is 0.337. The zero-order valence-electron chi connectivity index (χ0n) is 14.4. The molecule has 0 bridgehead atoms. The van der Waals surface area contributed by atoms with Gasteiger partial charge in [-0.2, -0.15) is 0 Å². The quantitative estimate of drug-likeness (QED) is 0.904. The summed E-state index contributed by atoms with van der Waals surface area (Å²) in [5, 5.41) is 3.72. The van der Waals surface area contributed by atoms with Gasteiger partial charge in [-0.15, -0.1) is 0 Å². The van der Waals surface area contributed by atoms with Gasteiger partial charge < -0.3 is 5.32 Å². The Balaban J connectivity index is 1.89. The minimum absolute atomic E-state index is 0.337. The van der Waals surface area contributed by atoms with Crippen LogP contribution in [0.4, 0.5) is 0 Å². The monoisotopic (exact) mass is 288 g/mol. The largest absolute Gasteiger partial charge is 0.311 e. The molecule has 1 saturated heterocycles. The van der Waals surface area contributed by atoms with E-state index in [1.807, 2.05) is 0 Å². The number of nitrogens with zero attached hydrogens (tertiary/aromatic N) is 1. The fraction of sp³-hybridized carbons (Fsp3) is 0.684. The fourth-order valence-electron chi connectivity index (χ4n) is 3.12. The van der Waals surface area contributed by atoms with Crippen molar-refractivity contribution in [3.05, 3.63) is 35.9 Å². The predicted molar refractivity (Wildman–Crippen MR) is 91.8 cm³/mol. The van der Waals surface area contributed by atoms with Gasteiger partial charge in [-0.05, 0) is 36.8 Å². The predicted octanol–water partition coefficient (Wildman–Crippen LogP) is 3.89. The van der Waals surface area contributed by atoms with Crippen LogP contribution < -0.4 is 5.32 Å². The highest BCUT2D eigenvalue weighted by atomic mass is 15.2. The Morgan fingerprint density at radius 1 is 1.24 bits per heavy atom. The summed E-state index contributed by atoms with van der Waals surface area (Å²) in [7, 11) is 0. The van der Waals surface area contributed by atoms with Crippen LogP contribution in [0.15, 0.2) is 30.3 Å². The van der Waals surface area contributed by atoms with Crippen molar-refractivity contribution < 1.29 is 0 Å². The smallest absolute Gasteiger partial charge is 0.0244 e. The number of rotatable bonds is 4. The van der Waals surface area contributed by atoms with Crippen LogP contribution in [0, 0.1) is 5.41 Å². The lowest BCUT2D eigenvalue weighted by Crippen LogP contribution is -2.59. The van der Waals surface area contributed by atoms with E-state index < -0.39 is 0 Å². The molecule has 1 aromatic rings.